The largest absolute Gasteiger partial charge is 0.310 e. The second-order valence-electron chi connectivity index (χ2n) is 4.68. The van der Waals surface area contributed by atoms with E-state index in [-0.39, 0.29) is 0 Å². The molecule has 2 nitrogen and oxygen atoms in total. The smallest absolute Gasteiger partial charge is 0.0410 e. The molecule has 0 radical (unpaired) electrons. The van der Waals surface area contributed by atoms with Crippen LogP contribution in [0.2, 0.25) is 0 Å². The molecule has 1 heterocycles. The Kier molecular flexibility index (Phi) is 4.36. The van der Waals surface area contributed by atoms with E-state index in [9.17, 15) is 0 Å². The van der Waals surface area contributed by atoms with Crippen LogP contribution >= 0.6 is 15.9 Å². The Labute approximate surface area is 106 Å². The molecule has 0 bridgehead atoms. The fourth-order valence-electron chi connectivity index (χ4n) is 1.96. The Bertz CT molecular complexity index is 336. The Morgan fingerprint density at radius 3 is 2.94 bits per heavy atom. The zero-order valence-electron chi connectivity index (χ0n) is 9.75. The summed E-state index contributed by atoms with van der Waals surface area (Å²) in [6, 6.07) is 2.80. The van der Waals surface area contributed by atoms with E-state index in [1.54, 1.807) is 0 Å². The first-order valence-corrected chi connectivity index (χ1v) is 6.90. The number of halogens is 1. The van der Waals surface area contributed by atoms with Gasteiger partial charge in [-0.1, -0.05) is 19.8 Å². The molecule has 1 aromatic rings. The van der Waals surface area contributed by atoms with Crippen molar-refractivity contribution < 1.29 is 0 Å². The summed E-state index contributed by atoms with van der Waals surface area (Å²) in [6.45, 7) is 3.19. The van der Waals surface area contributed by atoms with Gasteiger partial charge < -0.3 is 5.32 Å². The van der Waals surface area contributed by atoms with Gasteiger partial charge in [-0.25, -0.2) is 0 Å². The molecular formula is C13H19BrN2. The summed E-state index contributed by atoms with van der Waals surface area (Å²) in [4.78, 5) is 4.17. The van der Waals surface area contributed by atoms with E-state index in [2.05, 4.69) is 39.2 Å². The first-order valence-electron chi connectivity index (χ1n) is 6.10. The van der Waals surface area contributed by atoms with Crippen LogP contribution in [0.25, 0.3) is 0 Å². The molecule has 3 heteroatoms. The third-order valence-electron chi connectivity index (χ3n) is 3.16. The van der Waals surface area contributed by atoms with Gasteiger partial charge in [-0.3, -0.25) is 4.98 Å². The third kappa shape index (κ3) is 3.87. The van der Waals surface area contributed by atoms with Gasteiger partial charge in [0.25, 0.3) is 0 Å². The summed E-state index contributed by atoms with van der Waals surface area (Å²) in [5, 5.41) is 3.62. The fraction of sp³-hybridized carbons (Fsp3) is 0.615. The number of hydrogen-bond donors (Lipinski definition) is 1. The van der Waals surface area contributed by atoms with E-state index < -0.39 is 0 Å². The lowest BCUT2D eigenvalue weighted by Crippen LogP contribution is -2.28. The molecule has 0 spiro atoms. The normalized spacial score (nSPS) is 17.4. The van der Waals surface area contributed by atoms with Gasteiger partial charge in [-0.05, 0) is 46.3 Å². The Morgan fingerprint density at radius 1 is 1.50 bits per heavy atom. The summed E-state index contributed by atoms with van der Waals surface area (Å²) in [7, 11) is 0. The minimum Gasteiger partial charge on any atom is -0.310 e. The highest BCUT2D eigenvalue weighted by Gasteiger charge is 2.24. The van der Waals surface area contributed by atoms with Gasteiger partial charge in [-0.15, -0.1) is 0 Å². The van der Waals surface area contributed by atoms with Crippen molar-refractivity contribution in [2.45, 2.75) is 45.2 Å². The maximum absolute atomic E-state index is 4.17. The average Bonchev–Trinajstić information content (AvgIpc) is 3.08. The molecule has 1 N–H and O–H groups in total. The standard InChI is InChI=1S/C13H19BrN2/c1-2-13(6-10-3-4-10)16-8-11-5-12(14)9-15-7-11/h5,7,9-10,13,16H,2-4,6,8H2,1H3. The van der Waals surface area contributed by atoms with Crippen molar-refractivity contribution in [1.82, 2.24) is 10.3 Å². The second kappa shape index (κ2) is 5.78. The summed E-state index contributed by atoms with van der Waals surface area (Å²) in [6.07, 6.45) is 9.20. The van der Waals surface area contributed by atoms with E-state index in [0.29, 0.717) is 6.04 Å². The molecule has 16 heavy (non-hydrogen) atoms. The first-order chi connectivity index (χ1) is 7.78. The van der Waals surface area contributed by atoms with Gasteiger partial charge in [0.1, 0.15) is 0 Å². The van der Waals surface area contributed by atoms with Gasteiger partial charge in [0.2, 0.25) is 0 Å². The molecule has 1 aliphatic rings. The number of nitrogens with one attached hydrogen (secondary N) is 1. The molecule has 1 unspecified atom stereocenters. The Hall–Kier alpha value is -0.410. The van der Waals surface area contributed by atoms with Gasteiger partial charge in [0.15, 0.2) is 0 Å². The molecule has 2 rings (SSSR count). The number of nitrogens with zero attached hydrogens (tertiary/aromatic N) is 1. The van der Waals surface area contributed by atoms with Crippen LogP contribution in [0.1, 0.15) is 38.2 Å². The first kappa shape index (κ1) is 12.1. The van der Waals surface area contributed by atoms with Crippen LogP contribution in [-0.2, 0) is 6.54 Å². The van der Waals surface area contributed by atoms with Crippen LogP contribution in [0.4, 0.5) is 0 Å². The summed E-state index contributed by atoms with van der Waals surface area (Å²) in [5.41, 5.74) is 1.25. The number of hydrogen-bond acceptors (Lipinski definition) is 2. The van der Waals surface area contributed by atoms with Crippen molar-refractivity contribution in [1.29, 1.82) is 0 Å². The molecule has 1 atom stereocenters. The van der Waals surface area contributed by atoms with Crippen molar-refractivity contribution in [2.75, 3.05) is 0 Å². The molecule has 1 saturated carbocycles. The van der Waals surface area contributed by atoms with Crippen LogP contribution in [0.5, 0.6) is 0 Å². The fourth-order valence-corrected chi connectivity index (χ4v) is 2.38. The zero-order chi connectivity index (χ0) is 11.4. The van der Waals surface area contributed by atoms with Crippen LogP contribution in [0, 0.1) is 5.92 Å². The monoisotopic (exact) mass is 282 g/mol. The number of aromatic nitrogens is 1. The lowest BCUT2D eigenvalue weighted by molar-refractivity contribution is 0.444. The average molecular weight is 283 g/mol. The van der Waals surface area contributed by atoms with Crippen molar-refractivity contribution in [3.63, 3.8) is 0 Å². The topological polar surface area (TPSA) is 24.9 Å². The summed E-state index contributed by atoms with van der Waals surface area (Å²) < 4.78 is 1.06. The van der Waals surface area contributed by atoms with E-state index in [1.165, 1.54) is 31.2 Å². The van der Waals surface area contributed by atoms with Crippen LogP contribution in [0.15, 0.2) is 22.9 Å². The third-order valence-corrected chi connectivity index (χ3v) is 3.60. The molecule has 88 valence electrons. The second-order valence-corrected chi connectivity index (χ2v) is 5.59. The van der Waals surface area contributed by atoms with Gasteiger partial charge in [-0.2, -0.15) is 0 Å². The number of rotatable bonds is 6. The molecule has 0 amide bonds. The van der Waals surface area contributed by atoms with E-state index in [4.69, 9.17) is 0 Å². The maximum Gasteiger partial charge on any atom is 0.0410 e. The van der Waals surface area contributed by atoms with Crippen molar-refractivity contribution in [3.8, 4) is 0 Å². The highest BCUT2D eigenvalue weighted by atomic mass is 79.9. The minimum atomic E-state index is 0.673. The predicted molar refractivity (Wildman–Crippen MR) is 70.2 cm³/mol. The van der Waals surface area contributed by atoms with Crippen LogP contribution in [-0.4, -0.2) is 11.0 Å². The lowest BCUT2D eigenvalue weighted by atomic mass is 10.1. The van der Waals surface area contributed by atoms with Crippen LogP contribution < -0.4 is 5.32 Å². The van der Waals surface area contributed by atoms with E-state index >= 15 is 0 Å². The van der Waals surface area contributed by atoms with Crippen molar-refractivity contribution in [2.24, 2.45) is 5.92 Å². The molecule has 0 saturated heterocycles. The van der Waals surface area contributed by atoms with Gasteiger partial charge in [0.05, 0.1) is 0 Å². The molecule has 0 aromatic carbocycles. The quantitative estimate of drug-likeness (QED) is 0.864. The summed E-state index contributed by atoms with van der Waals surface area (Å²) >= 11 is 3.45. The molecule has 0 aliphatic heterocycles. The molecule has 1 aromatic heterocycles. The van der Waals surface area contributed by atoms with Gasteiger partial charge in [0, 0.05) is 29.5 Å². The molecule has 1 fully saturated rings. The van der Waals surface area contributed by atoms with Crippen molar-refractivity contribution in [3.05, 3.63) is 28.5 Å². The van der Waals surface area contributed by atoms with Crippen molar-refractivity contribution >= 4 is 15.9 Å². The van der Waals surface area contributed by atoms with E-state index in [0.717, 1.165) is 16.9 Å². The van der Waals surface area contributed by atoms with Crippen LogP contribution in [0.3, 0.4) is 0 Å². The predicted octanol–water partition coefficient (Wildman–Crippen LogP) is 3.51. The maximum atomic E-state index is 4.17. The molecule has 1 aliphatic carbocycles. The molecular weight excluding hydrogens is 264 g/mol. The van der Waals surface area contributed by atoms with Gasteiger partial charge >= 0.3 is 0 Å². The highest BCUT2D eigenvalue weighted by molar-refractivity contribution is 9.10. The zero-order valence-corrected chi connectivity index (χ0v) is 11.3. The van der Waals surface area contributed by atoms with E-state index in [1.807, 2.05) is 12.4 Å². The Morgan fingerprint density at radius 2 is 2.31 bits per heavy atom. The SMILES string of the molecule is CCC(CC1CC1)NCc1cncc(Br)c1. The summed E-state index contributed by atoms with van der Waals surface area (Å²) in [5.74, 6) is 0.998. The number of pyridine rings is 1. The minimum absolute atomic E-state index is 0.673. The highest BCUT2D eigenvalue weighted by Crippen LogP contribution is 2.34. The Balaban J connectivity index is 1.80. The lowest BCUT2D eigenvalue weighted by Gasteiger charge is -2.16.